The van der Waals surface area contributed by atoms with E-state index in [1.807, 2.05) is 0 Å². The Hall–Kier alpha value is -1.37. The monoisotopic (exact) mass is 572 g/mol. The Bertz CT molecular complexity index is 899. The van der Waals surface area contributed by atoms with Gasteiger partial charge in [-0.1, -0.05) is 31.1 Å². The maximum absolute atomic E-state index is 13.5. The van der Waals surface area contributed by atoms with E-state index in [1.54, 1.807) is 12.0 Å². The van der Waals surface area contributed by atoms with Crippen molar-refractivity contribution in [1.29, 1.82) is 0 Å². The minimum atomic E-state index is -0.942. The van der Waals surface area contributed by atoms with Crippen LogP contribution in [0.2, 0.25) is 0 Å². The number of likely N-dealkylation sites (N-methyl/N-ethyl adjacent to an activating group) is 1. The minimum Gasteiger partial charge on any atom is -0.389 e. The summed E-state index contributed by atoms with van der Waals surface area (Å²) in [5.41, 5.74) is 0. The van der Waals surface area contributed by atoms with Crippen LogP contribution in [0.3, 0.4) is 0 Å². The molecule has 5 fully saturated rings. The highest BCUT2D eigenvalue weighted by Gasteiger charge is 2.54. The van der Waals surface area contributed by atoms with E-state index in [0.717, 1.165) is 32.2 Å². The number of β-amino-alcohol motifs (C(OH)–C–C–N with tert-alkyl or cyclic N) is 1. The second-order valence-electron chi connectivity index (χ2n) is 14.1. The zero-order valence-corrected chi connectivity index (χ0v) is 25.8. The molecule has 5 aliphatic rings. The van der Waals surface area contributed by atoms with Crippen LogP contribution in [0.25, 0.3) is 0 Å². The van der Waals surface area contributed by atoms with Gasteiger partial charge >= 0.3 is 6.03 Å². The molecule has 5 atom stereocenters. The number of hydrogen-bond donors (Lipinski definition) is 3. The number of carbonyl (C=O) groups excluding carboxylic acids is 1. The first-order valence-electron chi connectivity index (χ1n) is 16.7. The number of hydrogen-bond acceptors (Lipinski definition) is 6. The molecule has 8 nitrogen and oxygen atoms in total. The molecule has 0 aromatic heterocycles. The summed E-state index contributed by atoms with van der Waals surface area (Å²) < 4.78 is 5.50. The van der Waals surface area contributed by atoms with Gasteiger partial charge in [-0.05, 0) is 90.1 Å². The Balaban J connectivity index is 1.24. The second-order valence-corrected chi connectivity index (χ2v) is 14.1. The zero-order chi connectivity index (χ0) is 28.9. The summed E-state index contributed by atoms with van der Waals surface area (Å²) in [5, 5.41) is 25.0. The Labute approximate surface area is 248 Å². The van der Waals surface area contributed by atoms with Crippen molar-refractivity contribution >= 4 is 6.03 Å². The molecule has 2 amide bonds. The van der Waals surface area contributed by atoms with E-state index in [9.17, 15) is 15.0 Å². The summed E-state index contributed by atoms with van der Waals surface area (Å²) in [7, 11) is 6.00. The molecule has 0 spiro atoms. The van der Waals surface area contributed by atoms with Crippen LogP contribution in [0, 0.1) is 35.5 Å². The SMILES string of the molecule is COC1CCC(NC(=O)N2C[C@H](O)[C@H](O)CN3[C@H](CN(C)C)[C@H](C4CCC(C#CC5CCCCC5)CC4)[C@@H]3C2)CC1. The van der Waals surface area contributed by atoms with E-state index < -0.39 is 12.2 Å². The van der Waals surface area contributed by atoms with Gasteiger partial charge in [-0.3, -0.25) is 4.90 Å². The maximum Gasteiger partial charge on any atom is 0.317 e. The topological polar surface area (TPSA) is 88.5 Å². The fourth-order valence-electron chi connectivity index (χ4n) is 8.56. The summed E-state index contributed by atoms with van der Waals surface area (Å²) in [6, 6.07) is 0.586. The predicted octanol–water partition coefficient (Wildman–Crippen LogP) is 3.31. The third kappa shape index (κ3) is 7.78. The fourth-order valence-corrected chi connectivity index (χ4v) is 8.56. The average Bonchev–Trinajstić information content (AvgIpc) is 2.98. The quantitative estimate of drug-likeness (QED) is 0.438. The molecule has 8 heteroatoms. The van der Waals surface area contributed by atoms with Gasteiger partial charge in [-0.15, -0.1) is 0 Å². The molecule has 232 valence electrons. The second kappa shape index (κ2) is 14.4. The Morgan fingerprint density at radius 3 is 2.12 bits per heavy atom. The Kier molecular flexibility index (Phi) is 10.9. The molecule has 2 saturated heterocycles. The van der Waals surface area contributed by atoms with Gasteiger partial charge in [-0.2, -0.15) is 0 Å². The van der Waals surface area contributed by atoms with E-state index >= 15 is 0 Å². The van der Waals surface area contributed by atoms with Crippen LogP contribution in [0.5, 0.6) is 0 Å². The Morgan fingerprint density at radius 2 is 1.49 bits per heavy atom. The molecule has 0 aromatic carbocycles. The van der Waals surface area contributed by atoms with Crippen LogP contribution in [-0.2, 0) is 4.74 Å². The van der Waals surface area contributed by atoms with Gasteiger partial charge < -0.3 is 30.1 Å². The molecule has 3 aliphatic carbocycles. The van der Waals surface area contributed by atoms with E-state index in [-0.39, 0.29) is 30.8 Å². The highest BCUT2D eigenvalue weighted by atomic mass is 16.5. The van der Waals surface area contributed by atoms with E-state index in [4.69, 9.17) is 4.74 Å². The number of nitrogens with one attached hydrogen (secondary N) is 1. The molecule has 5 rings (SSSR count). The first-order valence-corrected chi connectivity index (χ1v) is 16.7. The third-order valence-electron chi connectivity index (χ3n) is 11.0. The van der Waals surface area contributed by atoms with Gasteiger partial charge in [0.2, 0.25) is 0 Å². The molecule has 2 aliphatic heterocycles. The molecule has 2 heterocycles. The van der Waals surface area contributed by atoms with Gasteiger partial charge in [0.1, 0.15) is 0 Å². The van der Waals surface area contributed by atoms with Crippen molar-refractivity contribution in [2.24, 2.45) is 23.7 Å². The average molecular weight is 573 g/mol. The van der Waals surface area contributed by atoms with Crippen molar-refractivity contribution in [1.82, 2.24) is 20.0 Å². The van der Waals surface area contributed by atoms with Crippen molar-refractivity contribution < 1.29 is 19.7 Å². The molecule has 41 heavy (non-hydrogen) atoms. The molecule has 0 aromatic rings. The maximum atomic E-state index is 13.5. The smallest absolute Gasteiger partial charge is 0.317 e. The number of nitrogens with zero attached hydrogens (tertiary/aromatic N) is 3. The molecule has 0 radical (unpaired) electrons. The highest BCUT2D eigenvalue weighted by Crippen LogP contribution is 2.46. The summed E-state index contributed by atoms with van der Waals surface area (Å²) in [4.78, 5) is 20.0. The normalized spacial score (nSPS) is 39.1. The third-order valence-corrected chi connectivity index (χ3v) is 11.0. The number of ether oxygens (including phenoxy) is 1. The molecule has 0 unspecified atom stereocenters. The number of fused-ring (bicyclic) bond motifs is 1. The Morgan fingerprint density at radius 1 is 0.854 bits per heavy atom. The number of rotatable bonds is 5. The van der Waals surface area contributed by atoms with Gasteiger partial charge in [0, 0.05) is 56.7 Å². The number of urea groups is 1. The minimum absolute atomic E-state index is 0.101. The van der Waals surface area contributed by atoms with Gasteiger partial charge in [0.05, 0.1) is 24.9 Å². The van der Waals surface area contributed by atoms with Crippen LogP contribution in [0.4, 0.5) is 4.79 Å². The molecular formula is C33H56N4O4. The first-order chi connectivity index (χ1) is 19.8. The lowest BCUT2D eigenvalue weighted by atomic mass is 9.64. The van der Waals surface area contributed by atoms with E-state index in [2.05, 4.69) is 41.1 Å². The van der Waals surface area contributed by atoms with E-state index in [1.165, 1.54) is 57.8 Å². The zero-order valence-electron chi connectivity index (χ0n) is 25.8. The summed E-state index contributed by atoms with van der Waals surface area (Å²) in [6.07, 6.45) is 13.6. The fraction of sp³-hybridized carbons (Fsp3) is 0.909. The van der Waals surface area contributed by atoms with Crippen molar-refractivity contribution in [2.45, 2.75) is 120 Å². The van der Waals surface area contributed by atoms with E-state index in [0.29, 0.717) is 42.8 Å². The van der Waals surface area contributed by atoms with Crippen molar-refractivity contribution in [3.05, 3.63) is 0 Å². The predicted molar refractivity (Wildman–Crippen MR) is 161 cm³/mol. The number of amides is 2. The van der Waals surface area contributed by atoms with Crippen molar-refractivity contribution in [2.75, 3.05) is 47.4 Å². The lowest BCUT2D eigenvalue weighted by molar-refractivity contribution is -0.147. The van der Waals surface area contributed by atoms with Crippen molar-refractivity contribution in [3.63, 3.8) is 0 Å². The van der Waals surface area contributed by atoms with Crippen LogP contribution in [-0.4, -0.2) is 115 Å². The molecular weight excluding hydrogens is 516 g/mol. The number of aliphatic hydroxyl groups excluding tert-OH is 2. The largest absolute Gasteiger partial charge is 0.389 e. The van der Waals surface area contributed by atoms with Crippen LogP contribution in [0.15, 0.2) is 0 Å². The van der Waals surface area contributed by atoms with Gasteiger partial charge in [0.15, 0.2) is 0 Å². The molecule has 3 N–H and O–H groups in total. The summed E-state index contributed by atoms with van der Waals surface area (Å²) in [5.74, 6) is 9.59. The number of carbonyl (C=O) groups is 1. The lowest BCUT2D eigenvalue weighted by Crippen LogP contribution is -2.74. The molecule has 3 saturated carbocycles. The van der Waals surface area contributed by atoms with Crippen LogP contribution < -0.4 is 5.32 Å². The molecule has 0 bridgehead atoms. The summed E-state index contributed by atoms with van der Waals surface area (Å²) in [6.45, 7) is 2.19. The first kappa shape index (κ1) is 31.1. The summed E-state index contributed by atoms with van der Waals surface area (Å²) >= 11 is 0. The standard InChI is InChI=1S/C33H56N4O4/c1-35(2)19-28-32(25-13-11-24(12-14-25)10-9-23-7-5-4-6-8-23)29-20-36(21-30(38)31(39)22-37(28)29)33(40)34-26-15-17-27(41-3)18-16-26/h23-32,38-39H,4-8,11-22H2,1-3H3,(H,34,40)/t24?,25?,26?,27?,28-,29+,30+,31-,32+/m1/s1. The van der Waals surface area contributed by atoms with Gasteiger partial charge in [0.25, 0.3) is 0 Å². The van der Waals surface area contributed by atoms with Crippen LogP contribution >= 0.6 is 0 Å². The van der Waals surface area contributed by atoms with Gasteiger partial charge in [-0.25, -0.2) is 4.79 Å². The van der Waals surface area contributed by atoms with Crippen LogP contribution in [0.1, 0.15) is 83.5 Å². The lowest BCUT2D eigenvalue weighted by Gasteiger charge is -2.61. The number of methoxy groups -OCH3 is 1. The number of aliphatic hydroxyl groups is 2. The highest BCUT2D eigenvalue weighted by molar-refractivity contribution is 5.74. The van der Waals surface area contributed by atoms with Crippen molar-refractivity contribution in [3.8, 4) is 11.8 Å².